The highest BCUT2D eigenvalue weighted by Gasteiger charge is 2.35. The van der Waals surface area contributed by atoms with Crippen molar-refractivity contribution in [1.82, 2.24) is 10.6 Å². The fourth-order valence-electron chi connectivity index (χ4n) is 1.71. The molecule has 0 radical (unpaired) electrons. The Morgan fingerprint density at radius 1 is 1.56 bits per heavy atom. The molecule has 0 aromatic rings. The van der Waals surface area contributed by atoms with Crippen LogP contribution in [0.4, 0.5) is 0 Å². The van der Waals surface area contributed by atoms with Gasteiger partial charge >= 0.3 is 0 Å². The first-order chi connectivity index (χ1) is 7.50. The largest absolute Gasteiger partial charge is 0.379 e. The summed E-state index contributed by atoms with van der Waals surface area (Å²) in [7, 11) is 0. The van der Waals surface area contributed by atoms with Gasteiger partial charge in [-0.25, -0.2) is 0 Å². The maximum Gasteiger partial charge on any atom is 0.228 e. The molecule has 1 saturated heterocycles. The molecule has 1 aliphatic rings. The van der Waals surface area contributed by atoms with Crippen molar-refractivity contribution in [2.75, 3.05) is 19.8 Å². The first-order valence-electron chi connectivity index (χ1n) is 5.61. The first-order valence-corrected chi connectivity index (χ1v) is 5.61. The molecule has 2 atom stereocenters. The van der Waals surface area contributed by atoms with Crippen molar-refractivity contribution in [1.29, 1.82) is 0 Å². The van der Waals surface area contributed by atoms with Crippen molar-refractivity contribution >= 4 is 5.91 Å². The van der Waals surface area contributed by atoms with Gasteiger partial charge < -0.3 is 15.4 Å². The molecule has 2 unspecified atom stereocenters. The predicted octanol–water partition coefficient (Wildman–Crippen LogP) is 0.139. The van der Waals surface area contributed by atoms with Crippen LogP contribution in [-0.4, -0.2) is 37.2 Å². The van der Waals surface area contributed by atoms with E-state index in [2.05, 4.69) is 16.6 Å². The molecular weight excluding hydrogens is 204 g/mol. The zero-order valence-electron chi connectivity index (χ0n) is 10.2. The Labute approximate surface area is 97.1 Å². The maximum absolute atomic E-state index is 12.0. The van der Waals surface area contributed by atoms with Crippen LogP contribution in [0.2, 0.25) is 0 Å². The number of hydrogen-bond acceptors (Lipinski definition) is 3. The van der Waals surface area contributed by atoms with Crippen molar-refractivity contribution in [3.05, 3.63) is 0 Å². The Hall–Kier alpha value is -1.05. The smallest absolute Gasteiger partial charge is 0.228 e. The minimum absolute atomic E-state index is 0.0357. The van der Waals surface area contributed by atoms with E-state index in [1.807, 2.05) is 20.8 Å². The second-order valence-corrected chi connectivity index (χ2v) is 4.57. The molecule has 4 nitrogen and oxygen atoms in total. The lowest BCUT2D eigenvalue weighted by Crippen LogP contribution is -2.50. The molecule has 0 aliphatic carbocycles. The van der Waals surface area contributed by atoms with Gasteiger partial charge in [-0.05, 0) is 20.4 Å². The quantitative estimate of drug-likeness (QED) is 0.668. The third-order valence-corrected chi connectivity index (χ3v) is 2.68. The third kappa shape index (κ3) is 3.22. The highest BCUT2D eigenvalue weighted by atomic mass is 16.5. The standard InChI is InChI=1S/C12H20N2O2/c1-5-12(3,4)14-11(15)9-7-16-8-10(9)13-6-2/h1,9-10,13H,6-8H2,2-4H3,(H,14,15). The number of rotatable bonds is 4. The fraction of sp³-hybridized carbons (Fsp3) is 0.750. The number of terminal acetylenes is 1. The lowest BCUT2D eigenvalue weighted by molar-refractivity contribution is -0.126. The van der Waals surface area contributed by atoms with Gasteiger partial charge in [0.15, 0.2) is 0 Å². The van der Waals surface area contributed by atoms with Crippen molar-refractivity contribution in [2.24, 2.45) is 5.92 Å². The molecule has 2 N–H and O–H groups in total. The molecule has 0 aromatic carbocycles. The monoisotopic (exact) mass is 224 g/mol. The zero-order chi connectivity index (χ0) is 12.2. The van der Waals surface area contributed by atoms with Crippen LogP contribution in [-0.2, 0) is 9.53 Å². The van der Waals surface area contributed by atoms with Gasteiger partial charge in [-0.3, -0.25) is 4.79 Å². The minimum Gasteiger partial charge on any atom is -0.379 e. The van der Waals surface area contributed by atoms with Gasteiger partial charge in [0.2, 0.25) is 5.91 Å². The Bertz CT molecular complexity index is 294. The van der Waals surface area contributed by atoms with Crippen LogP contribution < -0.4 is 10.6 Å². The maximum atomic E-state index is 12.0. The number of nitrogens with one attached hydrogen (secondary N) is 2. The topological polar surface area (TPSA) is 50.4 Å². The van der Waals surface area contributed by atoms with E-state index in [0.29, 0.717) is 13.2 Å². The molecule has 90 valence electrons. The van der Waals surface area contributed by atoms with Crippen molar-refractivity contribution in [2.45, 2.75) is 32.4 Å². The van der Waals surface area contributed by atoms with Gasteiger partial charge in [-0.2, -0.15) is 0 Å². The summed E-state index contributed by atoms with van der Waals surface area (Å²) in [6, 6.07) is 0.0959. The van der Waals surface area contributed by atoms with Crippen LogP contribution in [0.3, 0.4) is 0 Å². The summed E-state index contributed by atoms with van der Waals surface area (Å²) < 4.78 is 5.32. The lowest BCUT2D eigenvalue weighted by Gasteiger charge is -2.24. The lowest BCUT2D eigenvalue weighted by atomic mass is 9.99. The highest BCUT2D eigenvalue weighted by Crippen LogP contribution is 2.15. The summed E-state index contributed by atoms with van der Waals surface area (Å²) in [6.45, 7) is 7.51. The average Bonchev–Trinajstić information content (AvgIpc) is 2.66. The number of likely N-dealkylation sites (N-methyl/N-ethyl adjacent to an activating group) is 1. The Morgan fingerprint density at radius 3 is 2.81 bits per heavy atom. The number of ether oxygens (including phenoxy) is 1. The molecule has 0 saturated carbocycles. The zero-order valence-corrected chi connectivity index (χ0v) is 10.2. The molecule has 1 aliphatic heterocycles. The van der Waals surface area contributed by atoms with Crippen molar-refractivity contribution in [3.8, 4) is 12.3 Å². The molecular formula is C12H20N2O2. The SMILES string of the molecule is C#CC(C)(C)NC(=O)C1COCC1NCC. The van der Waals surface area contributed by atoms with E-state index in [-0.39, 0.29) is 17.9 Å². The van der Waals surface area contributed by atoms with Crippen LogP contribution in [0, 0.1) is 18.3 Å². The fourth-order valence-corrected chi connectivity index (χ4v) is 1.71. The van der Waals surface area contributed by atoms with Crippen molar-refractivity contribution < 1.29 is 9.53 Å². The molecule has 1 fully saturated rings. The third-order valence-electron chi connectivity index (χ3n) is 2.68. The summed E-state index contributed by atoms with van der Waals surface area (Å²) in [5.74, 6) is 2.37. The van der Waals surface area contributed by atoms with E-state index in [0.717, 1.165) is 6.54 Å². The molecule has 1 amide bonds. The van der Waals surface area contributed by atoms with Crippen LogP contribution in [0.1, 0.15) is 20.8 Å². The van der Waals surface area contributed by atoms with Gasteiger partial charge in [0, 0.05) is 6.04 Å². The number of amides is 1. The van der Waals surface area contributed by atoms with Gasteiger partial charge in [0.05, 0.1) is 24.7 Å². The van der Waals surface area contributed by atoms with Crippen LogP contribution in [0.5, 0.6) is 0 Å². The summed E-state index contributed by atoms with van der Waals surface area (Å²) in [4.78, 5) is 12.0. The van der Waals surface area contributed by atoms with Crippen molar-refractivity contribution in [3.63, 3.8) is 0 Å². The Balaban J connectivity index is 2.57. The van der Waals surface area contributed by atoms with E-state index in [9.17, 15) is 4.79 Å². The van der Waals surface area contributed by atoms with E-state index in [1.165, 1.54) is 0 Å². The summed E-state index contributed by atoms with van der Waals surface area (Å²) in [6.07, 6.45) is 5.33. The molecule has 1 heterocycles. The van der Waals surface area contributed by atoms with Crippen LogP contribution >= 0.6 is 0 Å². The second-order valence-electron chi connectivity index (χ2n) is 4.57. The number of carbonyl (C=O) groups excluding carboxylic acids is 1. The second kappa shape index (κ2) is 5.33. The molecule has 0 aromatic heterocycles. The molecule has 16 heavy (non-hydrogen) atoms. The first kappa shape index (κ1) is 13.0. The minimum atomic E-state index is -0.601. The van der Waals surface area contributed by atoms with E-state index < -0.39 is 5.54 Å². The summed E-state index contributed by atoms with van der Waals surface area (Å²) in [5, 5.41) is 6.08. The van der Waals surface area contributed by atoms with Gasteiger partial charge in [-0.15, -0.1) is 6.42 Å². The summed E-state index contributed by atoms with van der Waals surface area (Å²) >= 11 is 0. The van der Waals surface area contributed by atoms with Crippen LogP contribution in [0.15, 0.2) is 0 Å². The number of hydrogen-bond donors (Lipinski definition) is 2. The van der Waals surface area contributed by atoms with E-state index in [1.54, 1.807) is 0 Å². The Kier molecular flexibility index (Phi) is 4.34. The highest BCUT2D eigenvalue weighted by molar-refractivity contribution is 5.81. The average molecular weight is 224 g/mol. The molecule has 1 rings (SSSR count). The van der Waals surface area contributed by atoms with E-state index in [4.69, 9.17) is 11.2 Å². The molecule has 4 heteroatoms. The molecule has 0 spiro atoms. The van der Waals surface area contributed by atoms with Gasteiger partial charge in [0.25, 0.3) is 0 Å². The number of carbonyl (C=O) groups is 1. The predicted molar refractivity (Wildman–Crippen MR) is 62.8 cm³/mol. The van der Waals surface area contributed by atoms with Gasteiger partial charge in [0.1, 0.15) is 0 Å². The summed E-state index contributed by atoms with van der Waals surface area (Å²) in [5.41, 5.74) is -0.601. The normalized spacial score (nSPS) is 25.1. The van der Waals surface area contributed by atoms with Crippen LogP contribution in [0.25, 0.3) is 0 Å². The van der Waals surface area contributed by atoms with E-state index >= 15 is 0 Å². The van der Waals surface area contributed by atoms with Gasteiger partial charge in [-0.1, -0.05) is 12.8 Å². The Morgan fingerprint density at radius 2 is 2.25 bits per heavy atom. The molecule has 0 bridgehead atoms.